The lowest BCUT2D eigenvalue weighted by Crippen LogP contribution is -2.42. The fourth-order valence-electron chi connectivity index (χ4n) is 3.49. The Morgan fingerprint density at radius 2 is 1.78 bits per heavy atom. The fraction of sp³-hybridized carbons (Fsp3) is 0.381. The van der Waals surface area contributed by atoms with Crippen LogP contribution in [0.4, 0.5) is 4.39 Å². The van der Waals surface area contributed by atoms with Gasteiger partial charge in [-0.15, -0.1) is 0 Å². The van der Waals surface area contributed by atoms with Crippen molar-refractivity contribution in [3.05, 3.63) is 65.5 Å². The van der Waals surface area contributed by atoms with Gasteiger partial charge in [-0.2, -0.15) is 0 Å². The summed E-state index contributed by atoms with van der Waals surface area (Å²) in [7, 11) is -3.35. The van der Waals surface area contributed by atoms with E-state index in [9.17, 15) is 17.6 Å². The second kappa shape index (κ2) is 8.21. The molecule has 2 aromatic carbocycles. The molecule has 0 unspecified atom stereocenters. The second-order valence-corrected chi connectivity index (χ2v) is 9.25. The number of nitrogens with zero attached hydrogens (tertiary/aromatic N) is 1. The maximum absolute atomic E-state index is 13.3. The highest BCUT2D eigenvalue weighted by molar-refractivity contribution is 7.92. The Balaban J connectivity index is 1.54. The summed E-state index contributed by atoms with van der Waals surface area (Å²) in [5.41, 5.74) is 1.51. The van der Waals surface area contributed by atoms with Crippen molar-refractivity contribution in [2.75, 3.05) is 13.1 Å². The molecule has 1 amide bonds. The van der Waals surface area contributed by atoms with Gasteiger partial charge in [-0.3, -0.25) is 4.79 Å². The van der Waals surface area contributed by atoms with E-state index < -0.39 is 15.1 Å². The van der Waals surface area contributed by atoms with Crippen molar-refractivity contribution in [3.63, 3.8) is 0 Å². The first-order valence-corrected chi connectivity index (χ1v) is 10.7. The van der Waals surface area contributed by atoms with E-state index in [0.717, 1.165) is 5.56 Å². The Morgan fingerprint density at radius 3 is 2.41 bits per heavy atom. The van der Waals surface area contributed by atoms with Crippen molar-refractivity contribution in [2.24, 2.45) is 0 Å². The van der Waals surface area contributed by atoms with Gasteiger partial charge >= 0.3 is 0 Å². The van der Waals surface area contributed by atoms with Crippen LogP contribution in [0.1, 0.15) is 30.4 Å². The van der Waals surface area contributed by atoms with E-state index in [1.807, 2.05) is 0 Å². The summed E-state index contributed by atoms with van der Waals surface area (Å²) in [6, 6.07) is 13.4. The number of amides is 1. The summed E-state index contributed by atoms with van der Waals surface area (Å²) in [5.74, 6) is -0.223. The monoisotopic (exact) mass is 389 g/mol. The molecule has 1 aliphatic rings. The van der Waals surface area contributed by atoms with E-state index in [-0.39, 0.29) is 11.7 Å². The van der Waals surface area contributed by atoms with Crippen LogP contribution in [-0.2, 0) is 21.1 Å². The highest BCUT2D eigenvalue weighted by Gasteiger charge is 2.32. The summed E-state index contributed by atoms with van der Waals surface area (Å²) >= 11 is 0. The van der Waals surface area contributed by atoms with Gasteiger partial charge in [0.1, 0.15) is 5.82 Å². The van der Waals surface area contributed by atoms with Crippen molar-refractivity contribution < 1.29 is 17.6 Å². The molecule has 0 spiro atoms. The quantitative estimate of drug-likeness (QED) is 0.786. The predicted molar refractivity (Wildman–Crippen MR) is 103 cm³/mol. The lowest BCUT2D eigenvalue weighted by atomic mass is 10.1. The molecule has 1 aliphatic heterocycles. The van der Waals surface area contributed by atoms with Gasteiger partial charge in [0.05, 0.1) is 10.1 Å². The molecule has 2 aromatic rings. The smallest absolute Gasteiger partial charge is 0.222 e. The molecule has 144 valence electrons. The molecule has 4 nitrogen and oxygen atoms in total. The molecule has 3 rings (SSSR count). The Kier molecular flexibility index (Phi) is 5.95. The number of halogens is 1. The topological polar surface area (TPSA) is 54.5 Å². The molecule has 1 heterocycles. The van der Waals surface area contributed by atoms with Crippen LogP contribution in [0.25, 0.3) is 0 Å². The Morgan fingerprint density at radius 1 is 1.11 bits per heavy atom. The molecule has 27 heavy (non-hydrogen) atoms. The third kappa shape index (κ3) is 4.56. The van der Waals surface area contributed by atoms with E-state index in [1.165, 1.54) is 6.07 Å². The SMILES string of the molecule is Cc1cc(CCC(=O)N2CCC(S(=O)(=O)c3ccccc3)CC2)ccc1F. The van der Waals surface area contributed by atoms with E-state index in [2.05, 4.69) is 0 Å². The average molecular weight is 389 g/mol. The van der Waals surface area contributed by atoms with Crippen LogP contribution in [0.5, 0.6) is 0 Å². The van der Waals surface area contributed by atoms with Crippen molar-refractivity contribution in [1.82, 2.24) is 4.90 Å². The van der Waals surface area contributed by atoms with Gasteiger partial charge in [0, 0.05) is 19.5 Å². The van der Waals surface area contributed by atoms with Gasteiger partial charge in [-0.1, -0.05) is 30.3 Å². The lowest BCUT2D eigenvalue weighted by molar-refractivity contribution is -0.132. The summed E-state index contributed by atoms with van der Waals surface area (Å²) < 4.78 is 38.7. The van der Waals surface area contributed by atoms with Crippen molar-refractivity contribution in [1.29, 1.82) is 0 Å². The number of sulfone groups is 1. The minimum atomic E-state index is -3.35. The van der Waals surface area contributed by atoms with E-state index >= 15 is 0 Å². The van der Waals surface area contributed by atoms with Crippen molar-refractivity contribution in [3.8, 4) is 0 Å². The molecular weight excluding hydrogens is 365 g/mol. The number of hydrogen-bond donors (Lipinski definition) is 0. The number of hydrogen-bond acceptors (Lipinski definition) is 3. The maximum Gasteiger partial charge on any atom is 0.222 e. The van der Waals surface area contributed by atoms with Crippen LogP contribution in [0.15, 0.2) is 53.4 Å². The summed E-state index contributed by atoms with van der Waals surface area (Å²) in [4.78, 5) is 14.5. The Hall–Kier alpha value is -2.21. The summed E-state index contributed by atoms with van der Waals surface area (Å²) in [6.45, 7) is 2.62. The number of rotatable bonds is 5. The zero-order chi connectivity index (χ0) is 19.4. The minimum absolute atomic E-state index is 0.0209. The van der Waals surface area contributed by atoms with Gasteiger partial charge in [-0.25, -0.2) is 12.8 Å². The molecule has 0 radical (unpaired) electrons. The molecular formula is C21H24FNO3S. The number of piperidine rings is 1. The van der Waals surface area contributed by atoms with Gasteiger partial charge in [0.2, 0.25) is 5.91 Å². The first-order chi connectivity index (χ1) is 12.9. The number of aryl methyl sites for hydroxylation is 2. The van der Waals surface area contributed by atoms with Crippen LogP contribution in [0.3, 0.4) is 0 Å². The molecule has 0 aliphatic carbocycles. The lowest BCUT2D eigenvalue weighted by Gasteiger charge is -2.32. The van der Waals surface area contributed by atoms with Crippen LogP contribution < -0.4 is 0 Å². The summed E-state index contributed by atoms with van der Waals surface area (Å²) in [6.07, 6.45) is 1.82. The Labute approximate surface area is 159 Å². The Bertz CT molecular complexity index is 904. The van der Waals surface area contributed by atoms with E-state index in [0.29, 0.717) is 49.2 Å². The maximum atomic E-state index is 13.3. The minimum Gasteiger partial charge on any atom is -0.343 e. The van der Waals surface area contributed by atoms with Crippen LogP contribution in [-0.4, -0.2) is 37.6 Å². The number of likely N-dealkylation sites (tertiary alicyclic amines) is 1. The molecule has 6 heteroatoms. The number of carbonyl (C=O) groups is 1. The van der Waals surface area contributed by atoms with Crippen molar-refractivity contribution >= 4 is 15.7 Å². The second-order valence-electron chi connectivity index (χ2n) is 7.02. The van der Waals surface area contributed by atoms with Crippen LogP contribution in [0.2, 0.25) is 0 Å². The highest BCUT2D eigenvalue weighted by atomic mass is 32.2. The largest absolute Gasteiger partial charge is 0.343 e. The van der Waals surface area contributed by atoms with Crippen LogP contribution in [0, 0.1) is 12.7 Å². The van der Waals surface area contributed by atoms with Crippen molar-refractivity contribution in [2.45, 2.75) is 42.8 Å². The normalized spacial score (nSPS) is 15.7. The molecule has 0 atom stereocenters. The van der Waals surface area contributed by atoms with Crippen LogP contribution >= 0.6 is 0 Å². The van der Waals surface area contributed by atoms with E-state index in [4.69, 9.17) is 0 Å². The van der Waals surface area contributed by atoms with E-state index in [1.54, 1.807) is 54.3 Å². The number of benzene rings is 2. The third-order valence-electron chi connectivity index (χ3n) is 5.16. The standard InChI is InChI=1S/C21H24FNO3S/c1-16-15-17(7-9-20(16)22)8-10-21(24)23-13-11-19(12-14-23)27(25,26)18-5-3-2-4-6-18/h2-7,9,15,19H,8,10-14H2,1H3. The molecule has 0 saturated carbocycles. The van der Waals surface area contributed by atoms with Gasteiger partial charge < -0.3 is 4.90 Å². The van der Waals surface area contributed by atoms with Gasteiger partial charge in [0.25, 0.3) is 0 Å². The fourth-order valence-corrected chi connectivity index (χ4v) is 5.24. The molecule has 0 aromatic heterocycles. The zero-order valence-electron chi connectivity index (χ0n) is 15.4. The molecule has 0 bridgehead atoms. The molecule has 0 N–H and O–H groups in total. The first kappa shape index (κ1) is 19.5. The predicted octanol–water partition coefficient (Wildman–Crippen LogP) is 3.53. The highest BCUT2D eigenvalue weighted by Crippen LogP contribution is 2.25. The summed E-state index contributed by atoms with van der Waals surface area (Å²) in [5, 5.41) is -0.441. The average Bonchev–Trinajstić information content (AvgIpc) is 2.69. The number of carbonyl (C=O) groups excluding carboxylic acids is 1. The molecule has 1 saturated heterocycles. The van der Waals surface area contributed by atoms with Gasteiger partial charge in [0.15, 0.2) is 9.84 Å². The first-order valence-electron chi connectivity index (χ1n) is 9.19. The molecule has 1 fully saturated rings. The zero-order valence-corrected chi connectivity index (χ0v) is 16.2. The van der Waals surface area contributed by atoms with Gasteiger partial charge in [-0.05, 0) is 55.5 Å². The third-order valence-corrected chi connectivity index (χ3v) is 7.43.